The lowest BCUT2D eigenvalue weighted by atomic mass is 10.1. The zero-order chi connectivity index (χ0) is 17.8. The molecular formula is C19H19NO5. The van der Waals surface area contributed by atoms with Gasteiger partial charge in [-0.05, 0) is 48.7 Å². The number of oxime groups is 1. The molecule has 1 aliphatic rings. The second-order valence-corrected chi connectivity index (χ2v) is 5.54. The zero-order valence-electron chi connectivity index (χ0n) is 14.4. The molecule has 2 aromatic carbocycles. The summed E-state index contributed by atoms with van der Waals surface area (Å²) in [4.78, 5) is 17.4. The van der Waals surface area contributed by atoms with Crippen molar-refractivity contribution in [1.82, 2.24) is 0 Å². The van der Waals surface area contributed by atoms with Crippen LogP contribution in [0.4, 0.5) is 0 Å². The average Bonchev–Trinajstić information content (AvgIpc) is 3.07. The second kappa shape index (κ2) is 7.25. The molecule has 6 heteroatoms. The molecule has 0 spiro atoms. The van der Waals surface area contributed by atoms with Crippen molar-refractivity contribution < 1.29 is 23.8 Å². The molecule has 3 rings (SSSR count). The van der Waals surface area contributed by atoms with Gasteiger partial charge in [0, 0.05) is 11.6 Å². The van der Waals surface area contributed by atoms with E-state index in [0.717, 1.165) is 35.4 Å². The zero-order valence-corrected chi connectivity index (χ0v) is 14.4. The van der Waals surface area contributed by atoms with Crippen LogP contribution in [0.5, 0.6) is 17.2 Å². The first kappa shape index (κ1) is 16.8. The van der Waals surface area contributed by atoms with Gasteiger partial charge in [-0.25, -0.2) is 4.79 Å². The third kappa shape index (κ3) is 3.57. The molecule has 0 aliphatic heterocycles. The van der Waals surface area contributed by atoms with E-state index in [0.29, 0.717) is 17.1 Å². The summed E-state index contributed by atoms with van der Waals surface area (Å²) in [6.07, 6.45) is 1.56. The van der Waals surface area contributed by atoms with Crippen LogP contribution in [0, 0.1) is 0 Å². The summed E-state index contributed by atoms with van der Waals surface area (Å²) >= 11 is 0. The number of fused-ring (bicyclic) bond motifs is 1. The Balaban J connectivity index is 1.78. The van der Waals surface area contributed by atoms with E-state index in [4.69, 9.17) is 19.0 Å². The molecule has 25 heavy (non-hydrogen) atoms. The van der Waals surface area contributed by atoms with E-state index < -0.39 is 5.97 Å². The van der Waals surface area contributed by atoms with Crippen LogP contribution < -0.4 is 14.2 Å². The van der Waals surface area contributed by atoms with Gasteiger partial charge in [-0.3, -0.25) is 0 Å². The van der Waals surface area contributed by atoms with E-state index in [1.54, 1.807) is 25.3 Å². The Morgan fingerprint density at radius 2 is 1.56 bits per heavy atom. The lowest BCUT2D eigenvalue weighted by Gasteiger charge is -2.07. The third-order valence-corrected chi connectivity index (χ3v) is 4.08. The maximum Gasteiger partial charge on any atom is 0.366 e. The number of hydrogen-bond acceptors (Lipinski definition) is 6. The van der Waals surface area contributed by atoms with Crippen molar-refractivity contribution in [2.45, 2.75) is 12.8 Å². The summed E-state index contributed by atoms with van der Waals surface area (Å²) in [6.45, 7) is 0. The molecule has 2 aromatic rings. The second-order valence-electron chi connectivity index (χ2n) is 5.54. The van der Waals surface area contributed by atoms with Crippen molar-refractivity contribution in [3.63, 3.8) is 0 Å². The van der Waals surface area contributed by atoms with E-state index in [1.165, 1.54) is 14.2 Å². The lowest BCUT2D eigenvalue weighted by Crippen LogP contribution is -2.05. The van der Waals surface area contributed by atoms with Crippen LogP contribution >= 0.6 is 0 Å². The van der Waals surface area contributed by atoms with Gasteiger partial charge in [0.15, 0.2) is 0 Å². The van der Waals surface area contributed by atoms with Crippen LogP contribution in [0.3, 0.4) is 0 Å². The van der Waals surface area contributed by atoms with Crippen LogP contribution in [-0.4, -0.2) is 33.0 Å². The third-order valence-electron chi connectivity index (χ3n) is 4.08. The molecule has 1 aliphatic carbocycles. The highest BCUT2D eigenvalue weighted by Gasteiger charge is 2.20. The number of methoxy groups -OCH3 is 3. The molecule has 0 amide bonds. The van der Waals surface area contributed by atoms with Gasteiger partial charge in [-0.2, -0.15) is 0 Å². The molecule has 0 saturated heterocycles. The highest BCUT2D eigenvalue weighted by atomic mass is 16.7. The smallest absolute Gasteiger partial charge is 0.366 e. The van der Waals surface area contributed by atoms with E-state index in [9.17, 15) is 4.79 Å². The van der Waals surface area contributed by atoms with Gasteiger partial charge in [0.2, 0.25) is 0 Å². The lowest BCUT2D eigenvalue weighted by molar-refractivity contribution is 0.0515. The molecule has 130 valence electrons. The molecule has 0 saturated carbocycles. The van der Waals surface area contributed by atoms with Crippen molar-refractivity contribution in [1.29, 1.82) is 0 Å². The summed E-state index contributed by atoms with van der Waals surface area (Å²) in [5.41, 5.74) is 3.18. The summed E-state index contributed by atoms with van der Waals surface area (Å²) in [7, 11) is 4.68. The van der Waals surface area contributed by atoms with Gasteiger partial charge in [0.25, 0.3) is 0 Å². The van der Waals surface area contributed by atoms with Crippen LogP contribution in [0.1, 0.15) is 27.9 Å². The minimum Gasteiger partial charge on any atom is -0.497 e. The van der Waals surface area contributed by atoms with E-state index >= 15 is 0 Å². The molecule has 0 heterocycles. The number of hydrogen-bond donors (Lipinski definition) is 0. The van der Waals surface area contributed by atoms with Crippen molar-refractivity contribution in [2.75, 3.05) is 21.3 Å². The Morgan fingerprint density at radius 1 is 0.880 bits per heavy atom. The Labute approximate surface area is 146 Å². The van der Waals surface area contributed by atoms with Gasteiger partial charge in [0.1, 0.15) is 17.2 Å². The predicted molar refractivity (Wildman–Crippen MR) is 92.8 cm³/mol. The Morgan fingerprint density at radius 3 is 2.20 bits per heavy atom. The number of aryl methyl sites for hydroxylation is 1. The van der Waals surface area contributed by atoms with Gasteiger partial charge in [0.05, 0.1) is 32.6 Å². The Bertz CT molecular complexity index is 806. The number of rotatable bonds is 5. The fourth-order valence-electron chi connectivity index (χ4n) is 2.74. The summed E-state index contributed by atoms with van der Waals surface area (Å²) < 4.78 is 15.5. The summed E-state index contributed by atoms with van der Waals surface area (Å²) in [5.74, 6) is 1.27. The molecule has 0 radical (unpaired) electrons. The Hall–Kier alpha value is -3.02. The van der Waals surface area contributed by atoms with Crippen LogP contribution in [-0.2, 0) is 11.3 Å². The number of carbonyl (C=O) groups is 1. The average molecular weight is 341 g/mol. The van der Waals surface area contributed by atoms with Crippen LogP contribution in [0.25, 0.3) is 0 Å². The fourth-order valence-corrected chi connectivity index (χ4v) is 2.74. The SMILES string of the molecule is COc1cc(OC)cc(C(=O)O/N=C2\CCc3cc(OC)ccc32)c1. The highest BCUT2D eigenvalue weighted by molar-refractivity contribution is 6.04. The fraction of sp³-hybridized carbons (Fsp3) is 0.263. The molecule has 0 atom stereocenters. The summed E-state index contributed by atoms with van der Waals surface area (Å²) in [6, 6.07) is 10.6. The molecule has 0 bridgehead atoms. The van der Waals surface area contributed by atoms with Crippen LogP contribution in [0.15, 0.2) is 41.6 Å². The predicted octanol–water partition coefficient (Wildman–Crippen LogP) is 3.22. The normalized spacial score (nSPS) is 14.1. The molecule has 0 N–H and O–H groups in total. The van der Waals surface area contributed by atoms with Gasteiger partial charge < -0.3 is 19.0 Å². The Kier molecular flexibility index (Phi) is 4.88. The number of benzene rings is 2. The number of nitrogens with zero attached hydrogens (tertiary/aromatic N) is 1. The van der Waals surface area contributed by atoms with Crippen molar-refractivity contribution in [3.05, 3.63) is 53.1 Å². The van der Waals surface area contributed by atoms with E-state index in [-0.39, 0.29) is 0 Å². The molecule has 0 aromatic heterocycles. The van der Waals surface area contributed by atoms with Crippen molar-refractivity contribution >= 4 is 11.7 Å². The van der Waals surface area contributed by atoms with E-state index in [2.05, 4.69) is 5.16 Å². The van der Waals surface area contributed by atoms with Crippen molar-refractivity contribution in [3.8, 4) is 17.2 Å². The maximum absolute atomic E-state index is 12.3. The van der Waals surface area contributed by atoms with Crippen LogP contribution in [0.2, 0.25) is 0 Å². The minimum absolute atomic E-state index is 0.313. The molecule has 6 nitrogen and oxygen atoms in total. The molecule has 0 fully saturated rings. The monoisotopic (exact) mass is 341 g/mol. The highest BCUT2D eigenvalue weighted by Crippen LogP contribution is 2.27. The first-order valence-electron chi connectivity index (χ1n) is 7.83. The standard InChI is InChI=1S/C19H19NO5/c1-22-14-5-6-17-12(8-14)4-7-18(17)20-25-19(21)13-9-15(23-2)11-16(10-13)24-3/h5-6,8-11H,4,7H2,1-3H3/b20-18+. The van der Waals surface area contributed by atoms with Gasteiger partial charge >= 0.3 is 5.97 Å². The first-order chi connectivity index (χ1) is 12.1. The number of ether oxygens (including phenoxy) is 3. The molecule has 0 unspecified atom stereocenters. The van der Waals surface area contributed by atoms with E-state index in [1.807, 2.05) is 18.2 Å². The van der Waals surface area contributed by atoms with Crippen molar-refractivity contribution in [2.24, 2.45) is 5.16 Å². The quantitative estimate of drug-likeness (QED) is 0.617. The number of carbonyl (C=O) groups excluding carboxylic acids is 1. The largest absolute Gasteiger partial charge is 0.497 e. The van der Waals surface area contributed by atoms with Gasteiger partial charge in [-0.1, -0.05) is 5.16 Å². The first-order valence-corrected chi connectivity index (χ1v) is 7.83. The van der Waals surface area contributed by atoms with Gasteiger partial charge in [-0.15, -0.1) is 0 Å². The minimum atomic E-state index is -0.563. The maximum atomic E-state index is 12.3. The molecular weight excluding hydrogens is 322 g/mol. The summed E-state index contributed by atoms with van der Waals surface area (Å²) in [5, 5.41) is 4.05. The topological polar surface area (TPSA) is 66.4 Å².